The first-order chi connectivity index (χ1) is 35.8. The van der Waals surface area contributed by atoms with Crippen molar-refractivity contribution in [3.8, 4) is 11.5 Å². The van der Waals surface area contributed by atoms with Gasteiger partial charge in [-0.05, 0) is 92.7 Å². The van der Waals surface area contributed by atoms with Gasteiger partial charge < -0.3 is 57.5 Å². The van der Waals surface area contributed by atoms with Gasteiger partial charge in [-0.3, -0.25) is 13.8 Å². The Morgan fingerprint density at radius 2 is 1.55 bits per heavy atom. The highest BCUT2D eigenvalue weighted by molar-refractivity contribution is 7.87. The first-order valence-electron chi connectivity index (χ1n) is 25.6. The Hall–Kier alpha value is -5.05. The van der Waals surface area contributed by atoms with Gasteiger partial charge in [0.15, 0.2) is 17.5 Å². The summed E-state index contributed by atoms with van der Waals surface area (Å²) in [6.07, 6.45) is -13.6. The molecule has 1 aliphatic heterocycles. The van der Waals surface area contributed by atoms with Crippen LogP contribution in [-0.2, 0) is 56.8 Å². The maximum Gasteiger partial charge on any atom is 0.523 e. The lowest BCUT2D eigenvalue weighted by molar-refractivity contribution is -0.344. The fourth-order valence-electron chi connectivity index (χ4n) is 12.8. The second-order valence-corrected chi connectivity index (χ2v) is 30.2. The number of aliphatic hydroxyl groups is 2. The molecule has 25 heteroatoms. The number of fused-ring (bicyclic) bond motifs is 5. The van der Waals surface area contributed by atoms with Crippen molar-refractivity contribution >= 4 is 48.2 Å². The lowest BCUT2D eigenvalue weighted by atomic mass is 9.44. The summed E-state index contributed by atoms with van der Waals surface area (Å²) in [6, 6.07) is 5.57. The number of benzene rings is 1. The van der Waals surface area contributed by atoms with Crippen molar-refractivity contribution in [1.82, 2.24) is 5.32 Å². The van der Waals surface area contributed by atoms with Crippen LogP contribution in [0.3, 0.4) is 0 Å². The van der Waals surface area contributed by atoms with E-state index in [1.54, 1.807) is 20.8 Å². The van der Waals surface area contributed by atoms with Gasteiger partial charge in [-0.2, -0.15) is 21.6 Å². The van der Waals surface area contributed by atoms with E-state index in [1.165, 1.54) is 71.6 Å². The van der Waals surface area contributed by atoms with Crippen molar-refractivity contribution in [1.29, 1.82) is 0 Å². The van der Waals surface area contributed by atoms with Crippen molar-refractivity contribution in [3.05, 3.63) is 59.1 Å². The molecule has 1 amide bonds. The van der Waals surface area contributed by atoms with Crippen LogP contribution in [0.1, 0.15) is 132 Å². The summed E-state index contributed by atoms with van der Waals surface area (Å²) in [5, 5.41) is 29.6. The molecular weight excluding hydrogens is 1070 g/mol. The smallest absolute Gasteiger partial charge is 0.497 e. The van der Waals surface area contributed by atoms with Crippen LogP contribution in [0.15, 0.2) is 52.2 Å². The quantitative estimate of drug-likeness (QED) is 0.0339. The van der Waals surface area contributed by atoms with E-state index in [1.807, 2.05) is 41.5 Å². The molecule has 0 unspecified atom stereocenters. The van der Waals surface area contributed by atoms with E-state index < -0.39 is 149 Å². The summed E-state index contributed by atoms with van der Waals surface area (Å²) in [7, 11) is -7.28. The third-order valence-electron chi connectivity index (χ3n) is 16.4. The predicted molar refractivity (Wildman–Crippen MR) is 273 cm³/mol. The molecule has 11 atom stereocenters. The summed E-state index contributed by atoms with van der Waals surface area (Å²) in [5.74, 6) is -7.02. The number of Topliss-reactive ketones (excluding diaryl/α,β-unsaturated/α-hetero) is 1. The summed E-state index contributed by atoms with van der Waals surface area (Å²) in [6.45, 7) is 22.0. The minimum atomic E-state index is -6.59. The van der Waals surface area contributed by atoms with E-state index in [2.05, 4.69) is 5.32 Å². The number of nitrogens with one attached hydrogen (secondary N) is 1. The number of hydrogen-bond acceptors (Lipinski definition) is 19. The standard InChI is InChI=1S/C53H74F3NO19SSi/c1-26(2)78(27(3)4,28(5)6)76-41(39(34-18-17-21-69-34)57-47(63)74-48(9,10)11)46(62)71-35-24-52(64)44(72-45(61)32-22-31(67-15)19-20-33(32)68-16)42-50(14,43(60)40(59)38(29(35)7)49(52,12)13)36(75-77(65,66)53(54,55)56)23-37-51(42,25-70-37)73-30(8)58/h17-22,26-28,35-37,39-42,44,59,64H,23-25H2,1-16H3,(H,57,63)/t35-,36-,37+,39-,40+,41+,42-,44-,50+,51-,52+/m0/s1. The Balaban J connectivity index is 1.66. The average molecular weight is 1150 g/mol. The maximum atomic E-state index is 15.8. The number of aliphatic hydroxyl groups excluding tert-OH is 1. The number of carbonyl (C=O) groups excluding carboxylic acids is 5. The van der Waals surface area contributed by atoms with Crippen LogP contribution in [0.5, 0.6) is 11.5 Å². The zero-order chi connectivity index (χ0) is 58.8. The molecule has 20 nitrogen and oxygen atoms in total. The van der Waals surface area contributed by atoms with Crippen LogP contribution in [-0.4, -0.2) is 136 Å². The summed E-state index contributed by atoms with van der Waals surface area (Å²) in [4.78, 5) is 73.5. The molecule has 436 valence electrons. The molecule has 1 saturated heterocycles. The van der Waals surface area contributed by atoms with Crippen molar-refractivity contribution in [2.75, 3.05) is 20.8 Å². The Morgan fingerprint density at radius 3 is 2.04 bits per heavy atom. The van der Waals surface area contributed by atoms with Gasteiger partial charge in [0.1, 0.15) is 64.5 Å². The second kappa shape index (κ2) is 21.8. The molecule has 1 aromatic carbocycles. The Labute approximate surface area is 453 Å². The summed E-state index contributed by atoms with van der Waals surface area (Å²) < 4.78 is 129. The molecule has 3 fully saturated rings. The Kier molecular flexibility index (Phi) is 17.4. The van der Waals surface area contributed by atoms with Gasteiger partial charge in [0.05, 0.1) is 44.5 Å². The van der Waals surface area contributed by atoms with Crippen LogP contribution in [0.2, 0.25) is 16.6 Å². The van der Waals surface area contributed by atoms with E-state index in [4.69, 9.17) is 46.2 Å². The van der Waals surface area contributed by atoms with Gasteiger partial charge in [-0.25, -0.2) is 14.4 Å². The molecular formula is C53H74F3NO19SSi. The van der Waals surface area contributed by atoms with Crippen LogP contribution < -0.4 is 14.8 Å². The van der Waals surface area contributed by atoms with Crippen LogP contribution in [0, 0.1) is 16.7 Å². The number of ketones is 1. The monoisotopic (exact) mass is 1150 g/mol. The molecule has 0 radical (unpaired) electrons. The number of carbonyl (C=O) groups is 5. The van der Waals surface area contributed by atoms with Crippen LogP contribution in [0.25, 0.3) is 0 Å². The van der Waals surface area contributed by atoms with Gasteiger partial charge in [0.25, 0.3) is 0 Å². The molecule has 2 bridgehead atoms. The normalized spacial score (nSPS) is 29.0. The lowest BCUT2D eigenvalue weighted by Crippen LogP contribution is -2.82. The highest BCUT2D eigenvalue weighted by atomic mass is 32.2. The van der Waals surface area contributed by atoms with Crippen LogP contribution in [0.4, 0.5) is 18.0 Å². The van der Waals surface area contributed by atoms with Gasteiger partial charge in [-0.1, -0.05) is 55.4 Å². The molecule has 0 spiro atoms. The number of ether oxygens (including phenoxy) is 7. The SMILES string of the molecule is COc1ccc(OC)c(C(=O)O[C@H]2[C@@H]3[C@]4(OC(C)=O)CO[C@@H]4C[C@H](OS(=O)(=O)C(F)(F)F)[C@@]3(C)C(=O)[C@H](O)C3=C(C)[C@@H](OC(=O)[C@H](O[Si](C(C)C)(C(C)C)C(C)C)[C@@H](NC(=O)OC(C)(C)C)c4ccco4)C[C@]2(O)C3(C)C)c1. The summed E-state index contributed by atoms with van der Waals surface area (Å²) in [5.41, 5.74) is -18.2. The third-order valence-corrected chi connectivity index (χ3v) is 23.5. The van der Waals surface area contributed by atoms with E-state index in [0.717, 1.165) is 13.8 Å². The fraction of sp³-hybridized carbons (Fsp3) is 0.679. The van der Waals surface area contributed by atoms with Gasteiger partial charge in [0, 0.05) is 25.2 Å². The Morgan fingerprint density at radius 1 is 0.936 bits per heavy atom. The van der Waals surface area contributed by atoms with Crippen LogP contribution >= 0.6 is 0 Å². The number of methoxy groups -OCH3 is 2. The number of amides is 1. The first-order valence-corrected chi connectivity index (χ1v) is 29.2. The first kappa shape index (κ1) is 62.1. The summed E-state index contributed by atoms with van der Waals surface area (Å²) >= 11 is 0. The molecule has 4 aliphatic rings. The Bertz CT molecular complexity index is 2740. The second-order valence-electron chi connectivity index (χ2n) is 23.3. The predicted octanol–water partition coefficient (Wildman–Crippen LogP) is 7.94. The van der Waals surface area contributed by atoms with Gasteiger partial charge in [0.2, 0.25) is 8.32 Å². The molecule has 2 saturated carbocycles. The molecule has 6 rings (SSSR count). The van der Waals surface area contributed by atoms with E-state index in [9.17, 15) is 41.4 Å². The zero-order valence-electron chi connectivity index (χ0n) is 46.8. The lowest BCUT2D eigenvalue weighted by Gasteiger charge is -2.67. The van der Waals surface area contributed by atoms with Crippen molar-refractivity contribution in [2.45, 2.75) is 191 Å². The molecule has 2 heterocycles. The number of alkyl halides is 3. The fourth-order valence-corrected chi connectivity index (χ4v) is 19.0. The van der Waals surface area contributed by atoms with Crippen molar-refractivity contribution in [3.63, 3.8) is 0 Å². The van der Waals surface area contributed by atoms with Crippen molar-refractivity contribution < 1.29 is 102 Å². The minimum absolute atomic E-state index is 0.0421. The van der Waals surface area contributed by atoms with Crippen molar-refractivity contribution in [2.24, 2.45) is 16.7 Å². The number of alkyl carbamates (subject to hydrolysis) is 1. The number of hydrogen-bond donors (Lipinski definition) is 3. The molecule has 2 aromatic rings. The highest BCUT2D eigenvalue weighted by Gasteiger charge is 2.79. The molecule has 3 aliphatic carbocycles. The van der Waals surface area contributed by atoms with E-state index in [0.29, 0.717) is 0 Å². The van der Waals surface area contributed by atoms with Gasteiger partial charge >= 0.3 is 39.6 Å². The number of halogens is 3. The van der Waals surface area contributed by atoms with E-state index >= 15 is 14.4 Å². The molecule has 3 N–H and O–H groups in total. The number of esters is 3. The topological polar surface area (TPSA) is 268 Å². The van der Waals surface area contributed by atoms with Gasteiger partial charge in [-0.15, -0.1) is 0 Å². The minimum Gasteiger partial charge on any atom is -0.497 e. The molecule has 78 heavy (non-hydrogen) atoms. The molecule has 1 aromatic heterocycles. The number of furan rings is 1. The highest BCUT2D eigenvalue weighted by Crippen LogP contribution is 2.65. The largest absolute Gasteiger partial charge is 0.523 e. The van der Waals surface area contributed by atoms with E-state index in [-0.39, 0.29) is 50.6 Å². The zero-order valence-corrected chi connectivity index (χ0v) is 48.6. The third kappa shape index (κ3) is 10.7. The maximum absolute atomic E-state index is 15.8. The number of rotatable bonds is 17. The average Bonchev–Trinajstić information content (AvgIpc) is 3.89.